The zero-order valence-electron chi connectivity index (χ0n) is 13.8. The number of nitro benzene ring substituents is 1. The number of aryl methyl sites for hydroxylation is 1. The van der Waals surface area contributed by atoms with Crippen molar-refractivity contribution >= 4 is 27.3 Å². The highest BCUT2D eigenvalue weighted by atomic mass is 79.9. The van der Waals surface area contributed by atoms with Gasteiger partial charge in [0.25, 0.3) is 5.69 Å². The van der Waals surface area contributed by atoms with Crippen molar-refractivity contribution in [1.29, 1.82) is 0 Å². The largest absolute Gasteiger partial charge is 0.434 e. The van der Waals surface area contributed by atoms with Crippen LogP contribution < -0.4 is 10.1 Å². The molecule has 0 aliphatic rings. The topological polar surface area (TPSA) is 64.4 Å². The maximum absolute atomic E-state index is 12.7. The van der Waals surface area contributed by atoms with Crippen molar-refractivity contribution in [2.75, 3.05) is 5.32 Å². The second kappa shape index (κ2) is 9.28. The number of alkyl halides is 2. The predicted octanol–water partition coefficient (Wildman–Crippen LogP) is 5.69. The quantitative estimate of drug-likeness (QED) is 0.317. The smallest absolute Gasteiger partial charge is 0.387 e. The summed E-state index contributed by atoms with van der Waals surface area (Å²) in [5, 5.41) is 14.1. The molecular formula is C18H17BrF2N2O3. The Labute approximate surface area is 158 Å². The van der Waals surface area contributed by atoms with E-state index in [1.165, 1.54) is 12.1 Å². The van der Waals surface area contributed by atoms with Crippen molar-refractivity contribution in [2.45, 2.75) is 26.0 Å². The molecule has 0 heterocycles. The molecule has 0 fully saturated rings. The number of halogens is 3. The van der Waals surface area contributed by atoms with Gasteiger partial charge in [0, 0.05) is 22.6 Å². The Kier molecular flexibility index (Phi) is 7.08. The monoisotopic (exact) mass is 426 g/mol. The van der Waals surface area contributed by atoms with Crippen LogP contribution in [0.4, 0.5) is 20.2 Å². The van der Waals surface area contributed by atoms with E-state index in [0.717, 1.165) is 5.56 Å². The Hall–Kier alpha value is -2.48. The second-order valence-corrected chi connectivity index (χ2v) is 6.29. The van der Waals surface area contributed by atoms with E-state index < -0.39 is 11.5 Å². The summed E-state index contributed by atoms with van der Waals surface area (Å²) in [5.74, 6) is 0.0479. The maximum Gasteiger partial charge on any atom is 0.387 e. The minimum absolute atomic E-state index is 0.0479. The first-order valence-corrected chi connectivity index (χ1v) is 8.56. The molecule has 2 aromatic rings. The number of benzene rings is 2. The van der Waals surface area contributed by atoms with E-state index in [0.29, 0.717) is 22.9 Å². The summed E-state index contributed by atoms with van der Waals surface area (Å²) in [6.45, 7) is 0.812. The minimum Gasteiger partial charge on any atom is -0.434 e. The highest BCUT2D eigenvalue weighted by molar-refractivity contribution is 9.10. The molecule has 8 heteroatoms. The van der Waals surface area contributed by atoms with Gasteiger partial charge in [0.05, 0.1) is 4.92 Å². The van der Waals surface area contributed by atoms with Gasteiger partial charge in [-0.25, -0.2) is 0 Å². The Morgan fingerprint density at radius 3 is 2.77 bits per heavy atom. The lowest BCUT2D eigenvalue weighted by molar-refractivity contribution is -0.384. The molecule has 1 N–H and O–H groups in total. The van der Waals surface area contributed by atoms with Crippen molar-refractivity contribution in [3.8, 4) is 5.75 Å². The van der Waals surface area contributed by atoms with Crippen LogP contribution in [-0.2, 0) is 13.0 Å². The summed E-state index contributed by atoms with van der Waals surface area (Å²) in [7, 11) is 0. The Morgan fingerprint density at radius 2 is 2.12 bits per heavy atom. The summed E-state index contributed by atoms with van der Waals surface area (Å²) in [5.41, 5.74) is 1.52. The molecule has 0 aliphatic carbocycles. The van der Waals surface area contributed by atoms with Crippen LogP contribution in [0.15, 0.2) is 53.5 Å². The molecule has 0 saturated carbocycles. The van der Waals surface area contributed by atoms with Gasteiger partial charge in [-0.1, -0.05) is 34.1 Å². The fourth-order valence-electron chi connectivity index (χ4n) is 2.50. The summed E-state index contributed by atoms with van der Waals surface area (Å²) < 4.78 is 30.7. The van der Waals surface area contributed by atoms with Gasteiger partial charge >= 0.3 is 6.61 Å². The highest BCUT2D eigenvalue weighted by Gasteiger charge is 2.17. The van der Waals surface area contributed by atoms with E-state index >= 15 is 0 Å². The SMILES string of the molecule is C=CCCc1cccc(OC(F)F)c1CNc1cc(Br)ccc1[N+](=O)[O-]. The number of hydrogen-bond donors (Lipinski definition) is 1. The third kappa shape index (κ3) is 5.26. The summed E-state index contributed by atoms with van der Waals surface area (Å²) >= 11 is 3.27. The standard InChI is InChI=1S/C18H17BrF2N2O3/c1-2-3-5-12-6-4-7-17(26-18(20)21)14(12)11-22-15-10-13(19)8-9-16(15)23(24)25/h2,4,6-10,18,22H,1,3,5,11H2. The number of nitrogens with one attached hydrogen (secondary N) is 1. The first kappa shape index (κ1) is 19.8. The first-order chi connectivity index (χ1) is 12.4. The molecule has 2 aromatic carbocycles. The van der Waals surface area contributed by atoms with E-state index in [1.54, 1.807) is 24.3 Å². The van der Waals surface area contributed by atoms with Gasteiger partial charge < -0.3 is 10.1 Å². The van der Waals surface area contributed by atoms with Gasteiger partial charge in [0.1, 0.15) is 11.4 Å². The zero-order valence-corrected chi connectivity index (χ0v) is 15.3. The number of anilines is 1. The molecule has 5 nitrogen and oxygen atoms in total. The van der Waals surface area contributed by atoms with E-state index in [2.05, 4.69) is 32.6 Å². The molecule has 0 aromatic heterocycles. The molecule has 0 unspecified atom stereocenters. The molecular weight excluding hydrogens is 410 g/mol. The van der Waals surface area contributed by atoms with Gasteiger partial charge in [0.2, 0.25) is 0 Å². The second-order valence-electron chi connectivity index (χ2n) is 5.37. The van der Waals surface area contributed by atoms with Gasteiger partial charge in [-0.2, -0.15) is 8.78 Å². The van der Waals surface area contributed by atoms with Crippen LogP contribution in [0.25, 0.3) is 0 Å². The number of hydrogen-bond acceptors (Lipinski definition) is 4. The fraction of sp³-hybridized carbons (Fsp3) is 0.222. The van der Waals surface area contributed by atoms with Crippen molar-refractivity contribution in [2.24, 2.45) is 0 Å². The number of allylic oxidation sites excluding steroid dienone is 1. The lowest BCUT2D eigenvalue weighted by Gasteiger charge is -2.16. The molecule has 0 amide bonds. The first-order valence-electron chi connectivity index (χ1n) is 7.76. The van der Waals surface area contributed by atoms with E-state index in [9.17, 15) is 18.9 Å². The van der Waals surface area contributed by atoms with Crippen LogP contribution in [-0.4, -0.2) is 11.5 Å². The van der Waals surface area contributed by atoms with Crippen molar-refractivity contribution < 1.29 is 18.4 Å². The van der Waals surface area contributed by atoms with Crippen LogP contribution >= 0.6 is 15.9 Å². The molecule has 0 radical (unpaired) electrons. The third-order valence-electron chi connectivity index (χ3n) is 3.67. The van der Waals surface area contributed by atoms with E-state index in [1.807, 2.05) is 6.07 Å². The number of nitro groups is 1. The predicted molar refractivity (Wildman–Crippen MR) is 99.7 cm³/mol. The molecule has 26 heavy (non-hydrogen) atoms. The molecule has 0 spiro atoms. The van der Waals surface area contributed by atoms with Gasteiger partial charge in [0.15, 0.2) is 0 Å². The van der Waals surface area contributed by atoms with Crippen LogP contribution in [0.3, 0.4) is 0 Å². The number of ether oxygens (including phenoxy) is 1. The molecule has 138 valence electrons. The van der Waals surface area contributed by atoms with E-state index in [-0.39, 0.29) is 23.7 Å². The number of nitrogens with zero attached hydrogens (tertiary/aromatic N) is 1. The highest BCUT2D eigenvalue weighted by Crippen LogP contribution is 2.31. The Morgan fingerprint density at radius 1 is 1.35 bits per heavy atom. The Bertz CT molecular complexity index is 800. The normalized spacial score (nSPS) is 10.6. The molecule has 0 atom stereocenters. The fourth-order valence-corrected chi connectivity index (χ4v) is 2.86. The molecule has 2 rings (SSSR count). The molecule has 0 aliphatic heterocycles. The number of rotatable bonds is 9. The zero-order chi connectivity index (χ0) is 19.1. The van der Waals surface area contributed by atoms with Crippen LogP contribution in [0.1, 0.15) is 17.5 Å². The van der Waals surface area contributed by atoms with Crippen molar-refractivity contribution in [3.05, 3.63) is 74.8 Å². The molecule has 0 bridgehead atoms. The van der Waals surface area contributed by atoms with Crippen molar-refractivity contribution in [1.82, 2.24) is 0 Å². The average Bonchev–Trinajstić information content (AvgIpc) is 2.58. The van der Waals surface area contributed by atoms with Gasteiger partial charge in [-0.05, 0) is 36.6 Å². The third-order valence-corrected chi connectivity index (χ3v) is 4.17. The van der Waals surface area contributed by atoms with Gasteiger partial charge in [-0.3, -0.25) is 10.1 Å². The maximum atomic E-state index is 12.7. The van der Waals surface area contributed by atoms with Crippen LogP contribution in [0.5, 0.6) is 5.75 Å². The van der Waals surface area contributed by atoms with Gasteiger partial charge in [-0.15, -0.1) is 6.58 Å². The van der Waals surface area contributed by atoms with Crippen LogP contribution in [0.2, 0.25) is 0 Å². The lowest BCUT2D eigenvalue weighted by atomic mass is 10.0. The summed E-state index contributed by atoms with van der Waals surface area (Å²) in [6.07, 6.45) is 3.00. The molecule has 0 saturated heterocycles. The minimum atomic E-state index is -2.95. The van der Waals surface area contributed by atoms with Crippen LogP contribution in [0, 0.1) is 10.1 Å². The van der Waals surface area contributed by atoms with E-state index in [4.69, 9.17) is 0 Å². The Balaban J connectivity index is 2.34. The summed E-state index contributed by atoms with van der Waals surface area (Å²) in [6, 6.07) is 9.41. The average molecular weight is 427 g/mol. The van der Waals surface area contributed by atoms with Crippen molar-refractivity contribution in [3.63, 3.8) is 0 Å². The summed E-state index contributed by atoms with van der Waals surface area (Å²) in [4.78, 5) is 10.7. The lowest BCUT2D eigenvalue weighted by Crippen LogP contribution is -2.10.